The molecule has 1 aromatic carbocycles. The van der Waals surface area contributed by atoms with E-state index in [1.165, 1.54) is 6.92 Å². The van der Waals surface area contributed by atoms with Crippen LogP contribution in [0.2, 0.25) is 0 Å². The molecule has 1 atom stereocenters. The van der Waals surface area contributed by atoms with Crippen molar-refractivity contribution in [1.82, 2.24) is 5.32 Å². The molecule has 30 heavy (non-hydrogen) atoms. The van der Waals surface area contributed by atoms with Gasteiger partial charge in [-0.15, -0.1) is 11.3 Å². The minimum atomic E-state index is -1.98. The molecular weight excluding hydrogens is 539 g/mol. The van der Waals surface area contributed by atoms with Gasteiger partial charge in [-0.2, -0.15) is 0 Å². The molecule has 0 spiro atoms. The van der Waals surface area contributed by atoms with Crippen molar-refractivity contribution in [2.75, 3.05) is 11.9 Å². The lowest BCUT2D eigenvalue weighted by atomic mass is 10.1. The molecule has 11 heteroatoms. The first kappa shape index (κ1) is 24.9. The van der Waals surface area contributed by atoms with E-state index in [0.717, 1.165) is 11.3 Å². The molecule has 0 saturated heterocycles. The summed E-state index contributed by atoms with van der Waals surface area (Å²) in [4.78, 5) is 37.5. The second kappa shape index (κ2) is 10.3. The summed E-state index contributed by atoms with van der Waals surface area (Å²) in [5.74, 6) is -1.36. The summed E-state index contributed by atoms with van der Waals surface area (Å²) in [5.41, 5.74) is 0.936. The molecule has 2 rings (SSSR count). The minimum absolute atomic E-state index is 0.148. The van der Waals surface area contributed by atoms with E-state index < -0.39 is 21.8 Å². The molecule has 162 valence electrons. The molecule has 1 heterocycles. The highest BCUT2D eigenvalue weighted by Crippen LogP contribution is 2.38. The Morgan fingerprint density at radius 3 is 2.40 bits per heavy atom. The standard InChI is InChI=1S/C19H18BrCl3N2O4S/c1-4-29-17(28)13-9(2)14(10(3)26)30-16(13)25-18(19(21,22)23)24-15(27)11-7-5-6-8-12(11)20/h5-8,18,25H,4H2,1-3H3,(H,24,27)/t18-/m1/s1. The third kappa shape index (κ3) is 5.88. The second-order valence-electron chi connectivity index (χ2n) is 6.11. The Bertz CT molecular complexity index is 975. The zero-order valence-electron chi connectivity index (χ0n) is 16.1. The minimum Gasteiger partial charge on any atom is -0.462 e. The van der Waals surface area contributed by atoms with E-state index in [9.17, 15) is 14.4 Å². The molecule has 0 saturated carbocycles. The summed E-state index contributed by atoms with van der Waals surface area (Å²) in [6, 6.07) is 6.75. The van der Waals surface area contributed by atoms with Crippen LogP contribution in [0.5, 0.6) is 0 Å². The van der Waals surface area contributed by atoms with Gasteiger partial charge in [-0.25, -0.2) is 4.79 Å². The number of carbonyl (C=O) groups is 3. The number of anilines is 1. The Morgan fingerprint density at radius 2 is 1.87 bits per heavy atom. The van der Waals surface area contributed by atoms with Crippen molar-refractivity contribution >= 4 is 84.7 Å². The van der Waals surface area contributed by atoms with Crippen LogP contribution in [0.4, 0.5) is 5.00 Å². The molecule has 0 aliphatic heterocycles. The number of esters is 1. The first-order valence-corrected chi connectivity index (χ1v) is 11.4. The molecule has 2 aromatic rings. The smallest absolute Gasteiger partial charge is 0.341 e. The van der Waals surface area contributed by atoms with Crippen molar-refractivity contribution in [3.05, 3.63) is 50.3 Å². The van der Waals surface area contributed by atoms with Gasteiger partial charge in [-0.05, 0) is 54.4 Å². The van der Waals surface area contributed by atoms with Gasteiger partial charge in [-0.3, -0.25) is 9.59 Å². The summed E-state index contributed by atoms with van der Waals surface area (Å²) in [5, 5.41) is 5.75. The number of amides is 1. The Morgan fingerprint density at radius 1 is 1.23 bits per heavy atom. The van der Waals surface area contributed by atoms with Gasteiger partial charge in [0.15, 0.2) is 5.78 Å². The predicted octanol–water partition coefficient (Wildman–Crippen LogP) is 5.74. The molecule has 0 bridgehead atoms. The number of halogens is 4. The van der Waals surface area contributed by atoms with Crippen molar-refractivity contribution in [3.8, 4) is 0 Å². The highest BCUT2D eigenvalue weighted by atomic mass is 79.9. The zero-order valence-corrected chi connectivity index (χ0v) is 20.8. The number of rotatable bonds is 7. The van der Waals surface area contributed by atoms with Gasteiger partial charge in [0.2, 0.25) is 3.79 Å². The third-order valence-electron chi connectivity index (χ3n) is 3.94. The topological polar surface area (TPSA) is 84.5 Å². The van der Waals surface area contributed by atoms with E-state index in [0.29, 0.717) is 20.5 Å². The van der Waals surface area contributed by atoms with Gasteiger partial charge in [0.1, 0.15) is 11.2 Å². The number of hydrogen-bond donors (Lipinski definition) is 2. The number of alkyl halides is 3. The average molecular weight is 557 g/mol. The van der Waals surface area contributed by atoms with Crippen molar-refractivity contribution in [3.63, 3.8) is 0 Å². The molecule has 0 aliphatic rings. The number of thiophene rings is 1. The fourth-order valence-electron chi connectivity index (χ4n) is 2.59. The van der Waals surface area contributed by atoms with E-state index in [-0.39, 0.29) is 23.0 Å². The second-order valence-corrected chi connectivity index (χ2v) is 10.4. The molecule has 1 amide bonds. The van der Waals surface area contributed by atoms with Gasteiger partial charge in [0.25, 0.3) is 5.91 Å². The lowest BCUT2D eigenvalue weighted by Gasteiger charge is -2.27. The Kier molecular flexibility index (Phi) is 8.59. The summed E-state index contributed by atoms with van der Waals surface area (Å²) < 4.78 is 3.68. The van der Waals surface area contributed by atoms with E-state index in [2.05, 4.69) is 26.6 Å². The molecule has 0 aliphatic carbocycles. The normalized spacial score (nSPS) is 12.2. The number of ether oxygens (including phenoxy) is 1. The molecule has 6 nitrogen and oxygen atoms in total. The quantitative estimate of drug-likeness (QED) is 0.197. The zero-order chi connectivity index (χ0) is 22.6. The van der Waals surface area contributed by atoms with Crippen LogP contribution >= 0.6 is 62.1 Å². The third-order valence-corrected chi connectivity index (χ3v) is 6.61. The molecule has 0 unspecified atom stereocenters. The van der Waals surface area contributed by atoms with Crippen molar-refractivity contribution < 1.29 is 19.1 Å². The lowest BCUT2D eigenvalue weighted by Crippen LogP contribution is -2.49. The van der Waals surface area contributed by atoms with Gasteiger partial charge < -0.3 is 15.4 Å². The molecule has 2 N–H and O–H groups in total. The van der Waals surface area contributed by atoms with E-state index in [1.54, 1.807) is 38.1 Å². The van der Waals surface area contributed by atoms with Crippen molar-refractivity contribution in [1.29, 1.82) is 0 Å². The molecular formula is C19H18BrCl3N2O4S. The highest BCUT2D eigenvalue weighted by molar-refractivity contribution is 9.10. The lowest BCUT2D eigenvalue weighted by molar-refractivity contribution is 0.0527. The summed E-state index contributed by atoms with van der Waals surface area (Å²) in [7, 11) is 0. The van der Waals surface area contributed by atoms with Crippen molar-refractivity contribution in [2.45, 2.75) is 30.7 Å². The first-order valence-electron chi connectivity index (χ1n) is 8.67. The Balaban J connectivity index is 2.43. The fraction of sp³-hybridized carbons (Fsp3) is 0.316. The van der Waals surface area contributed by atoms with Gasteiger partial charge in [-0.1, -0.05) is 46.9 Å². The maximum Gasteiger partial charge on any atom is 0.341 e. The summed E-state index contributed by atoms with van der Waals surface area (Å²) in [6.07, 6.45) is -1.21. The monoisotopic (exact) mass is 554 g/mol. The van der Waals surface area contributed by atoms with Crippen LogP contribution in [-0.4, -0.2) is 34.2 Å². The maximum atomic E-state index is 12.7. The number of benzene rings is 1. The van der Waals surface area contributed by atoms with Crippen LogP contribution in [0.15, 0.2) is 28.7 Å². The van der Waals surface area contributed by atoms with Crippen LogP contribution in [0, 0.1) is 6.92 Å². The number of carbonyl (C=O) groups excluding carboxylic acids is 3. The van der Waals surface area contributed by atoms with Crippen LogP contribution in [0.1, 0.15) is 49.8 Å². The van der Waals surface area contributed by atoms with Gasteiger partial charge in [0, 0.05) is 4.47 Å². The molecule has 1 aromatic heterocycles. The summed E-state index contributed by atoms with van der Waals surface area (Å²) in [6.45, 7) is 4.84. The van der Waals surface area contributed by atoms with Crippen LogP contribution in [0.3, 0.4) is 0 Å². The van der Waals surface area contributed by atoms with Crippen LogP contribution < -0.4 is 10.6 Å². The van der Waals surface area contributed by atoms with Crippen LogP contribution in [0.25, 0.3) is 0 Å². The van der Waals surface area contributed by atoms with Gasteiger partial charge >= 0.3 is 5.97 Å². The SMILES string of the molecule is CCOC(=O)c1c(N[C@@H](NC(=O)c2ccccc2Br)C(Cl)(Cl)Cl)sc(C(C)=O)c1C. The van der Waals surface area contributed by atoms with E-state index in [4.69, 9.17) is 39.5 Å². The Labute approximate surface area is 201 Å². The van der Waals surface area contributed by atoms with Crippen molar-refractivity contribution in [2.24, 2.45) is 0 Å². The Hall–Kier alpha value is -1.32. The van der Waals surface area contributed by atoms with Gasteiger partial charge in [0.05, 0.1) is 22.6 Å². The number of hydrogen-bond acceptors (Lipinski definition) is 6. The first-order chi connectivity index (χ1) is 14.0. The number of ketones is 1. The summed E-state index contributed by atoms with van der Waals surface area (Å²) >= 11 is 22.6. The van der Waals surface area contributed by atoms with E-state index in [1.807, 2.05) is 0 Å². The molecule has 0 fully saturated rings. The molecule has 0 radical (unpaired) electrons. The maximum absolute atomic E-state index is 12.7. The number of Topliss-reactive ketones (excluding diaryl/α,β-unsaturated/α-hetero) is 1. The largest absolute Gasteiger partial charge is 0.462 e. The fourth-order valence-corrected chi connectivity index (χ4v) is 4.50. The number of nitrogens with one attached hydrogen (secondary N) is 2. The average Bonchev–Trinajstić information content (AvgIpc) is 2.97. The predicted molar refractivity (Wildman–Crippen MR) is 124 cm³/mol. The highest BCUT2D eigenvalue weighted by Gasteiger charge is 2.36. The van der Waals surface area contributed by atoms with Crippen LogP contribution in [-0.2, 0) is 4.74 Å². The van der Waals surface area contributed by atoms with E-state index >= 15 is 0 Å².